The van der Waals surface area contributed by atoms with Crippen molar-refractivity contribution in [3.63, 3.8) is 0 Å². The van der Waals surface area contributed by atoms with Crippen molar-refractivity contribution < 1.29 is 24.2 Å². The van der Waals surface area contributed by atoms with Gasteiger partial charge in [0.05, 0.1) is 17.0 Å². The summed E-state index contributed by atoms with van der Waals surface area (Å²) >= 11 is 1.33. The molecule has 7 nitrogen and oxygen atoms in total. The second kappa shape index (κ2) is 7.20. The standard InChI is InChI=1S/C18H24N2O5S/c1-17(2,3)24-15(22)20(16(23)25-18(4,5)6)14-13-11(7-8-26-13)9-12(10-21)19-14/h7-9,21H,10H2,1-6H3. The van der Waals surface area contributed by atoms with Crippen LogP contribution in [0.1, 0.15) is 47.2 Å². The molecular formula is C18H24N2O5S. The van der Waals surface area contributed by atoms with E-state index in [0.717, 1.165) is 10.3 Å². The Labute approximate surface area is 156 Å². The minimum atomic E-state index is -0.885. The molecule has 0 atom stereocenters. The molecule has 0 aliphatic heterocycles. The lowest BCUT2D eigenvalue weighted by Crippen LogP contribution is -2.44. The predicted molar refractivity (Wildman–Crippen MR) is 100 cm³/mol. The van der Waals surface area contributed by atoms with Crippen LogP contribution in [0, 0.1) is 0 Å². The van der Waals surface area contributed by atoms with Gasteiger partial charge in [-0.25, -0.2) is 14.6 Å². The van der Waals surface area contributed by atoms with Crippen LogP contribution in [-0.2, 0) is 16.1 Å². The van der Waals surface area contributed by atoms with E-state index < -0.39 is 23.4 Å². The number of fused-ring (bicyclic) bond motifs is 1. The Morgan fingerprint density at radius 1 is 1.12 bits per heavy atom. The fraction of sp³-hybridized carbons (Fsp3) is 0.500. The summed E-state index contributed by atoms with van der Waals surface area (Å²) in [4.78, 5) is 30.6. The minimum Gasteiger partial charge on any atom is -0.443 e. The quantitative estimate of drug-likeness (QED) is 0.827. The van der Waals surface area contributed by atoms with Gasteiger partial charge in [-0.3, -0.25) is 0 Å². The first-order valence-electron chi connectivity index (χ1n) is 8.15. The van der Waals surface area contributed by atoms with Crippen molar-refractivity contribution >= 4 is 39.4 Å². The highest BCUT2D eigenvalue weighted by molar-refractivity contribution is 7.17. The molecule has 2 aromatic rings. The average molecular weight is 380 g/mol. The van der Waals surface area contributed by atoms with Crippen LogP contribution in [0.4, 0.5) is 15.4 Å². The fourth-order valence-corrected chi connectivity index (χ4v) is 2.96. The number of anilines is 1. The van der Waals surface area contributed by atoms with Crippen molar-refractivity contribution in [3.05, 3.63) is 23.2 Å². The predicted octanol–water partition coefficient (Wildman–Crippen LogP) is 4.47. The Bertz CT molecular complexity index is 789. The van der Waals surface area contributed by atoms with Gasteiger partial charge in [-0.2, -0.15) is 4.90 Å². The number of nitrogens with zero attached hydrogens (tertiary/aromatic N) is 2. The zero-order chi connectivity index (χ0) is 19.7. The van der Waals surface area contributed by atoms with Crippen molar-refractivity contribution in [2.75, 3.05) is 4.90 Å². The molecule has 0 unspecified atom stereocenters. The first kappa shape index (κ1) is 20.1. The number of aromatic nitrogens is 1. The Balaban J connectivity index is 2.58. The number of pyridine rings is 1. The lowest BCUT2D eigenvalue weighted by molar-refractivity contribution is 0.0429. The highest BCUT2D eigenvalue weighted by Crippen LogP contribution is 2.32. The van der Waals surface area contributed by atoms with Gasteiger partial charge in [0.1, 0.15) is 11.2 Å². The molecule has 0 aromatic carbocycles. The molecule has 2 heterocycles. The molecule has 0 spiro atoms. The molecule has 0 aliphatic rings. The van der Waals surface area contributed by atoms with E-state index in [9.17, 15) is 14.7 Å². The molecule has 142 valence electrons. The molecule has 0 saturated carbocycles. The van der Waals surface area contributed by atoms with Gasteiger partial charge in [0.25, 0.3) is 0 Å². The summed E-state index contributed by atoms with van der Waals surface area (Å²) in [6, 6.07) is 3.53. The lowest BCUT2D eigenvalue weighted by Gasteiger charge is -2.28. The van der Waals surface area contributed by atoms with Gasteiger partial charge in [0.2, 0.25) is 0 Å². The van der Waals surface area contributed by atoms with Crippen LogP contribution in [-0.4, -0.2) is 33.5 Å². The summed E-state index contributed by atoms with van der Waals surface area (Å²) in [5.74, 6) is 0.0880. The molecule has 2 amide bonds. The molecule has 26 heavy (non-hydrogen) atoms. The molecule has 1 N–H and O–H groups in total. The van der Waals surface area contributed by atoms with E-state index in [2.05, 4.69) is 4.98 Å². The van der Waals surface area contributed by atoms with E-state index in [0.29, 0.717) is 10.4 Å². The maximum Gasteiger partial charge on any atom is 0.425 e. The SMILES string of the molecule is CC(C)(C)OC(=O)N(C(=O)OC(C)(C)C)c1nc(CO)cc2ccsc12. The summed E-state index contributed by atoms with van der Waals surface area (Å²) in [7, 11) is 0. The second-order valence-corrected chi connectivity index (χ2v) is 8.65. The van der Waals surface area contributed by atoms with E-state index in [4.69, 9.17) is 9.47 Å². The maximum atomic E-state index is 12.8. The van der Waals surface area contributed by atoms with Crippen LogP contribution in [0.3, 0.4) is 0 Å². The third kappa shape index (κ3) is 4.92. The maximum absolute atomic E-state index is 12.8. The molecule has 0 bridgehead atoms. The minimum absolute atomic E-state index is 0.0880. The Kier molecular flexibility index (Phi) is 5.58. The van der Waals surface area contributed by atoms with E-state index >= 15 is 0 Å². The number of amides is 2. The molecule has 8 heteroatoms. The van der Waals surface area contributed by atoms with Crippen molar-refractivity contribution in [2.24, 2.45) is 0 Å². The average Bonchev–Trinajstić information content (AvgIpc) is 2.91. The smallest absolute Gasteiger partial charge is 0.425 e. The summed E-state index contributed by atoms with van der Waals surface area (Å²) in [6.45, 7) is 9.90. The van der Waals surface area contributed by atoms with Gasteiger partial charge in [-0.05, 0) is 64.4 Å². The number of carbonyl (C=O) groups excluding carboxylic acids is 2. The summed E-state index contributed by atoms with van der Waals surface area (Å²) in [6.07, 6.45) is -1.77. The van der Waals surface area contributed by atoms with Crippen LogP contribution in [0.25, 0.3) is 10.1 Å². The highest BCUT2D eigenvalue weighted by Gasteiger charge is 2.35. The van der Waals surface area contributed by atoms with Crippen molar-refractivity contribution in [3.8, 4) is 0 Å². The summed E-state index contributed by atoms with van der Waals surface area (Å²) in [5.41, 5.74) is -1.27. The summed E-state index contributed by atoms with van der Waals surface area (Å²) in [5, 5.41) is 12.1. The third-order valence-corrected chi connectivity index (χ3v) is 3.92. The molecule has 2 aromatic heterocycles. The van der Waals surface area contributed by atoms with Gasteiger partial charge in [0, 0.05) is 0 Å². The number of carbonyl (C=O) groups is 2. The number of aliphatic hydroxyl groups excluding tert-OH is 1. The van der Waals surface area contributed by atoms with Crippen molar-refractivity contribution in [1.82, 2.24) is 4.98 Å². The Hall–Kier alpha value is -2.19. The number of imide groups is 1. The van der Waals surface area contributed by atoms with Crippen LogP contribution in [0.15, 0.2) is 17.5 Å². The lowest BCUT2D eigenvalue weighted by atomic mass is 10.2. The zero-order valence-electron chi connectivity index (χ0n) is 15.8. The number of hydrogen-bond donors (Lipinski definition) is 1. The first-order valence-corrected chi connectivity index (χ1v) is 9.03. The van der Waals surface area contributed by atoms with Gasteiger partial charge in [0.15, 0.2) is 5.82 Å². The van der Waals surface area contributed by atoms with Crippen LogP contribution in [0.2, 0.25) is 0 Å². The third-order valence-electron chi connectivity index (χ3n) is 3.00. The second-order valence-electron chi connectivity index (χ2n) is 7.73. The normalized spacial score (nSPS) is 12.1. The Morgan fingerprint density at radius 2 is 1.65 bits per heavy atom. The van der Waals surface area contributed by atoms with Crippen LogP contribution >= 0.6 is 11.3 Å². The Morgan fingerprint density at radius 3 is 2.12 bits per heavy atom. The number of hydrogen-bond acceptors (Lipinski definition) is 7. The van der Waals surface area contributed by atoms with E-state index in [1.165, 1.54) is 11.3 Å². The highest BCUT2D eigenvalue weighted by atomic mass is 32.1. The van der Waals surface area contributed by atoms with E-state index in [-0.39, 0.29) is 12.4 Å². The monoisotopic (exact) mass is 380 g/mol. The number of rotatable bonds is 2. The topological polar surface area (TPSA) is 89.0 Å². The summed E-state index contributed by atoms with van der Waals surface area (Å²) < 4.78 is 11.4. The van der Waals surface area contributed by atoms with Gasteiger partial charge >= 0.3 is 12.2 Å². The molecule has 0 aliphatic carbocycles. The van der Waals surface area contributed by atoms with Crippen molar-refractivity contribution in [1.29, 1.82) is 0 Å². The number of ether oxygens (including phenoxy) is 2. The first-order chi connectivity index (χ1) is 11.9. The number of aliphatic hydroxyl groups is 1. The fourth-order valence-electron chi connectivity index (χ4n) is 2.11. The van der Waals surface area contributed by atoms with E-state index in [1.807, 2.05) is 11.4 Å². The van der Waals surface area contributed by atoms with Crippen LogP contribution in [0.5, 0.6) is 0 Å². The van der Waals surface area contributed by atoms with E-state index in [1.54, 1.807) is 47.6 Å². The largest absolute Gasteiger partial charge is 0.443 e. The molecule has 0 radical (unpaired) electrons. The van der Waals surface area contributed by atoms with Gasteiger partial charge in [-0.15, -0.1) is 11.3 Å². The molecule has 0 saturated heterocycles. The van der Waals surface area contributed by atoms with Gasteiger partial charge < -0.3 is 14.6 Å². The van der Waals surface area contributed by atoms with Gasteiger partial charge in [-0.1, -0.05) is 0 Å². The molecular weight excluding hydrogens is 356 g/mol. The molecule has 0 fully saturated rings. The molecule has 2 rings (SSSR count). The van der Waals surface area contributed by atoms with Crippen LogP contribution < -0.4 is 4.90 Å². The van der Waals surface area contributed by atoms with Crippen molar-refractivity contribution in [2.45, 2.75) is 59.4 Å². The zero-order valence-corrected chi connectivity index (χ0v) is 16.6. The number of thiophene rings is 1.